The van der Waals surface area contributed by atoms with Crippen molar-refractivity contribution in [2.45, 2.75) is 33.4 Å². The van der Waals surface area contributed by atoms with Crippen molar-refractivity contribution in [3.8, 4) is 0 Å². The molecule has 0 saturated heterocycles. The van der Waals surface area contributed by atoms with Gasteiger partial charge in [0.15, 0.2) is 5.78 Å². The molecule has 0 aliphatic carbocycles. The first-order chi connectivity index (χ1) is 10.7. The van der Waals surface area contributed by atoms with Crippen molar-refractivity contribution in [1.82, 2.24) is 5.01 Å². The SMILES string of the molecule is CCC(=O)C(C)=NN(Cc1ccccc1)Cc1ccccc1. The van der Waals surface area contributed by atoms with E-state index in [0.29, 0.717) is 25.2 Å². The summed E-state index contributed by atoms with van der Waals surface area (Å²) in [5.41, 5.74) is 2.92. The van der Waals surface area contributed by atoms with Crippen LogP contribution in [0.25, 0.3) is 0 Å². The minimum Gasteiger partial charge on any atom is -0.293 e. The number of Topliss-reactive ketones (excluding diaryl/α,β-unsaturated/α-hetero) is 1. The molecule has 114 valence electrons. The Kier molecular flexibility index (Phi) is 5.90. The molecule has 0 aliphatic heterocycles. The van der Waals surface area contributed by atoms with Gasteiger partial charge in [0.25, 0.3) is 0 Å². The summed E-state index contributed by atoms with van der Waals surface area (Å²) in [7, 11) is 0. The van der Waals surface area contributed by atoms with E-state index in [9.17, 15) is 4.79 Å². The third kappa shape index (κ3) is 4.85. The van der Waals surface area contributed by atoms with Crippen LogP contribution in [-0.4, -0.2) is 16.5 Å². The smallest absolute Gasteiger partial charge is 0.178 e. The van der Waals surface area contributed by atoms with Crippen LogP contribution in [0.1, 0.15) is 31.4 Å². The van der Waals surface area contributed by atoms with Gasteiger partial charge in [-0.15, -0.1) is 0 Å². The number of rotatable bonds is 7. The maximum Gasteiger partial charge on any atom is 0.178 e. The highest BCUT2D eigenvalue weighted by atomic mass is 16.1. The highest BCUT2D eigenvalue weighted by Gasteiger charge is 2.08. The van der Waals surface area contributed by atoms with E-state index in [0.717, 1.165) is 0 Å². The van der Waals surface area contributed by atoms with Crippen LogP contribution >= 0.6 is 0 Å². The van der Waals surface area contributed by atoms with Gasteiger partial charge in [-0.2, -0.15) is 5.10 Å². The van der Waals surface area contributed by atoms with E-state index < -0.39 is 0 Å². The average Bonchev–Trinajstić information content (AvgIpc) is 2.55. The van der Waals surface area contributed by atoms with Crippen LogP contribution in [0.4, 0.5) is 0 Å². The molecule has 0 N–H and O–H groups in total. The average molecular weight is 294 g/mol. The highest BCUT2D eigenvalue weighted by Crippen LogP contribution is 2.11. The molecule has 0 aromatic heterocycles. The molecule has 0 atom stereocenters. The number of hydrogen-bond donors (Lipinski definition) is 0. The molecular formula is C19H22N2O. The Hall–Kier alpha value is -2.42. The van der Waals surface area contributed by atoms with Gasteiger partial charge >= 0.3 is 0 Å². The molecule has 0 fully saturated rings. The maximum atomic E-state index is 11.8. The number of carbonyl (C=O) groups excluding carboxylic acids is 1. The zero-order chi connectivity index (χ0) is 15.8. The van der Waals surface area contributed by atoms with E-state index in [4.69, 9.17) is 0 Å². The van der Waals surface area contributed by atoms with Crippen LogP contribution in [0, 0.1) is 0 Å². The summed E-state index contributed by atoms with van der Waals surface area (Å²) < 4.78 is 0. The van der Waals surface area contributed by atoms with E-state index in [1.807, 2.05) is 48.3 Å². The first-order valence-corrected chi connectivity index (χ1v) is 7.60. The summed E-state index contributed by atoms with van der Waals surface area (Å²) in [6.07, 6.45) is 0.486. The summed E-state index contributed by atoms with van der Waals surface area (Å²) in [5.74, 6) is 0.0890. The van der Waals surface area contributed by atoms with Gasteiger partial charge in [-0.25, -0.2) is 0 Å². The van der Waals surface area contributed by atoms with Crippen molar-refractivity contribution in [1.29, 1.82) is 0 Å². The molecule has 22 heavy (non-hydrogen) atoms. The van der Waals surface area contributed by atoms with Gasteiger partial charge in [0, 0.05) is 6.42 Å². The van der Waals surface area contributed by atoms with Gasteiger partial charge in [0.1, 0.15) is 5.71 Å². The van der Waals surface area contributed by atoms with Crippen molar-refractivity contribution in [3.05, 3.63) is 71.8 Å². The predicted molar refractivity (Wildman–Crippen MR) is 90.5 cm³/mol. The van der Waals surface area contributed by atoms with E-state index in [2.05, 4.69) is 29.4 Å². The Bertz CT molecular complexity index is 579. The fourth-order valence-electron chi connectivity index (χ4n) is 2.24. The Morgan fingerprint density at radius 3 is 1.77 bits per heavy atom. The summed E-state index contributed by atoms with van der Waals surface area (Å²) in [5, 5.41) is 6.49. The minimum absolute atomic E-state index is 0.0890. The molecule has 3 heteroatoms. The third-order valence-electron chi connectivity index (χ3n) is 3.43. The number of benzene rings is 2. The Morgan fingerprint density at radius 1 is 0.909 bits per heavy atom. The van der Waals surface area contributed by atoms with Crippen LogP contribution < -0.4 is 0 Å². The fraction of sp³-hybridized carbons (Fsp3) is 0.263. The molecule has 0 spiro atoms. The lowest BCUT2D eigenvalue weighted by molar-refractivity contribution is -0.112. The normalized spacial score (nSPS) is 11.3. The van der Waals surface area contributed by atoms with Gasteiger partial charge in [-0.1, -0.05) is 67.6 Å². The summed E-state index contributed by atoms with van der Waals surface area (Å²) in [6, 6.07) is 20.4. The molecule has 2 aromatic carbocycles. The molecule has 0 bridgehead atoms. The topological polar surface area (TPSA) is 32.7 Å². The Balaban J connectivity index is 2.18. The van der Waals surface area contributed by atoms with E-state index in [1.54, 1.807) is 6.92 Å². The van der Waals surface area contributed by atoms with Crippen molar-refractivity contribution in [3.63, 3.8) is 0 Å². The molecule has 0 saturated carbocycles. The lowest BCUT2D eigenvalue weighted by Crippen LogP contribution is -2.21. The monoisotopic (exact) mass is 294 g/mol. The largest absolute Gasteiger partial charge is 0.293 e. The van der Waals surface area contributed by atoms with Gasteiger partial charge in [0.2, 0.25) is 0 Å². The molecule has 0 unspecified atom stereocenters. The molecule has 2 rings (SSSR count). The molecular weight excluding hydrogens is 272 g/mol. The Labute approximate surface area is 132 Å². The lowest BCUT2D eigenvalue weighted by atomic mass is 10.2. The minimum atomic E-state index is 0.0890. The molecule has 2 aromatic rings. The number of hydrazone groups is 1. The van der Waals surface area contributed by atoms with Gasteiger partial charge < -0.3 is 0 Å². The van der Waals surface area contributed by atoms with Crippen LogP contribution in [0.15, 0.2) is 65.8 Å². The van der Waals surface area contributed by atoms with Crippen molar-refractivity contribution >= 4 is 11.5 Å². The number of hydrogen-bond acceptors (Lipinski definition) is 3. The molecule has 0 radical (unpaired) electrons. The number of carbonyl (C=O) groups is 1. The zero-order valence-electron chi connectivity index (χ0n) is 13.2. The second-order valence-corrected chi connectivity index (χ2v) is 5.26. The number of ketones is 1. The maximum absolute atomic E-state index is 11.8. The first kappa shape index (κ1) is 16.0. The standard InChI is InChI=1S/C19H22N2O/c1-3-19(22)16(2)20-21(14-17-10-6-4-7-11-17)15-18-12-8-5-9-13-18/h4-13H,3,14-15H2,1-2H3. The fourth-order valence-corrected chi connectivity index (χ4v) is 2.24. The zero-order valence-corrected chi connectivity index (χ0v) is 13.2. The predicted octanol–water partition coefficient (Wildman–Crippen LogP) is 4.04. The second-order valence-electron chi connectivity index (χ2n) is 5.26. The summed E-state index contributed by atoms with van der Waals surface area (Å²) in [6.45, 7) is 5.02. The van der Waals surface area contributed by atoms with E-state index in [1.165, 1.54) is 11.1 Å². The van der Waals surface area contributed by atoms with Crippen LogP contribution in [0.5, 0.6) is 0 Å². The van der Waals surface area contributed by atoms with Crippen molar-refractivity contribution in [2.75, 3.05) is 0 Å². The molecule has 0 heterocycles. The second kappa shape index (κ2) is 8.13. The van der Waals surface area contributed by atoms with Crippen molar-refractivity contribution < 1.29 is 4.79 Å². The molecule has 0 amide bonds. The highest BCUT2D eigenvalue weighted by molar-refractivity contribution is 6.38. The lowest BCUT2D eigenvalue weighted by Gasteiger charge is -2.20. The van der Waals surface area contributed by atoms with E-state index >= 15 is 0 Å². The van der Waals surface area contributed by atoms with Crippen molar-refractivity contribution in [2.24, 2.45) is 5.10 Å². The van der Waals surface area contributed by atoms with Gasteiger partial charge in [-0.3, -0.25) is 9.80 Å². The first-order valence-electron chi connectivity index (χ1n) is 7.60. The summed E-state index contributed by atoms with van der Waals surface area (Å²) >= 11 is 0. The van der Waals surface area contributed by atoms with Crippen LogP contribution in [-0.2, 0) is 17.9 Å². The van der Waals surface area contributed by atoms with Crippen LogP contribution in [0.3, 0.4) is 0 Å². The van der Waals surface area contributed by atoms with Crippen LogP contribution in [0.2, 0.25) is 0 Å². The van der Waals surface area contributed by atoms with E-state index in [-0.39, 0.29) is 5.78 Å². The third-order valence-corrected chi connectivity index (χ3v) is 3.43. The van der Waals surface area contributed by atoms with Gasteiger partial charge in [0.05, 0.1) is 13.1 Å². The number of nitrogens with zero attached hydrogens (tertiary/aromatic N) is 2. The summed E-state index contributed by atoms with van der Waals surface area (Å²) in [4.78, 5) is 11.8. The Morgan fingerprint density at radius 2 is 1.36 bits per heavy atom. The van der Waals surface area contributed by atoms with Gasteiger partial charge in [-0.05, 0) is 18.1 Å². The molecule has 3 nitrogen and oxygen atoms in total. The quantitative estimate of drug-likeness (QED) is 0.570. The molecule has 0 aliphatic rings.